The fourth-order valence-electron chi connectivity index (χ4n) is 4.58. The molecule has 3 aromatic rings. The van der Waals surface area contributed by atoms with E-state index in [4.69, 9.17) is 4.42 Å². The van der Waals surface area contributed by atoms with E-state index < -0.39 is 0 Å². The fourth-order valence-corrected chi connectivity index (χ4v) is 4.58. The molecule has 0 radical (unpaired) electrons. The van der Waals surface area contributed by atoms with Gasteiger partial charge in [0.15, 0.2) is 0 Å². The second-order valence-electron chi connectivity index (χ2n) is 7.88. The van der Waals surface area contributed by atoms with Crippen molar-refractivity contribution >= 4 is 5.91 Å². The van der Waals surface area contributed by atoms with Gasteiger partial charge in [-0.2, -0.15) is 0 Å². The number of nitrogens with zero attached hydrogens (tertiary/aromatic N) is 5. The number of hydrogen-bond acceptors (Lipinski definition) is 6. The monoisotopic (exact) mass is 392 g/mol. The molecule has 2 bridgehead atoms. The first kappa shape index (κ1) is 18.1. The lowest BCUT2D eigenvalue weighted by atomic mass is 9.75. The standard InChI is InChI=1S/C21H24N6O2/c28-21(23-11-17-4-3-9-29-17)18-13-26-8-6-15(18)10-16(26)12-27-14-20(24-25-27)19-5-1-2-7-22-19/h1-5,7,9,14-16,18H,6,8,10-13H2,(H,23,28)/t15-,16+,18-/m0/s1. The van der Waals surface area contributed by atoms with Crippen LogP contribution in [-0.2, 0) is 17.9 Å². The number of aromatic nitrogens is 4. The SMILES string of the molecule is O=C(NCc1ccco1)[C@H]1CN2CC[C@H]1C[C@@H]2Cn1cc(-c2ccccn2)nn1. The van der Waals surface area contributed by atoms with E-state index in [1.807, 2.05) is 41.2 Å². The van der Waals surface area contributed by atoms with Crippen LogP contribution < -0.4 is 5.32 Å². The van der Waals surface area contributed by atoms with Crippen LogP contribution in [-0.4, -0.2) is 49.9 Å². The van der Waals surface area contributed by atoms with Gasteiger partial charge in [0.1, 0.15) is 11.5 Å². The van der Waals surface area contributed by atoms with Crippen molar-refractivity contribution in [2.45, 2.75) is 32.0 Å². The Morgan fingerprint density at radius 1 is 1.24 bits per heavy atom. The summed E-state index contributed by atoms with van der Waals surface area (Å²) in [6.45, 7) is 3.09. The Morgan fingerprint density at radius 3 is 2.97 bits per heavy atom. The van der Waals surface area contributed by atoms with Crippen LogP contribution in [0.5, 0.6) is 0 Å². The third-order valence-electron chi connectivity index (χ3n) is 6.10. The lowest BCUT2D eigenvalue weighted by Crippen LogP contribution is -2.57. The zero-order valence-corrected chi connectivity index (χ0v) is 16.1. The number of furan rings is 1. The number of pyridine rings is 1. The van der Waals surface area contributed by atoms with Crippen LogP contribution in [0.3, 0.4) is 0 Å². The number of carbonyl (C=O) groups excluding carboxylic acids is 1. The molecular formula is C21H24N6O2. The highest BCUT2D eigenvalue weighted by Gasteiger charge is 2.43. The van der Waals surface area contributed by atoms with Gasteiger partial charge in [0, 0.05) is 18.8 Å². The molecule has 3 aromatic heterocycles. The molecule has 1 amide bonds. The predicted octanol–water partition coefficient (Wildman–Crippen LogP) is 1.96. The molecule has 29 heavy (non-hydrogen) atoms. The van der Waals surface area contributed by atoms with Crippen LogP contribution >= 0.6 is 0 Å². The Kier molecular flexibility index (Phi) is 4.85. The lowest BCUT2D eigenvalue weighted by molar-refractivity contribution is -0.133. The highest BCUT2D eigenvalue weighted by Crippen LogP contribution is 2.37. The molecule has 4 atom stereocenters. The molecule has 1 N–H and O–H groups in total. The maximum absolute atomic E-state index is 12.7. The Bertz CT molecular complexity index is 955. The van der Waals surface area contributed by atoms with E-state index in [-0.39, 0.29) is 11.8 Å². The summed E-state index contributed by atoms with van der Waals surface area (Å²) in [5, 5.41) is 11.6. The second-order valence-corrected chi connectivity index (χ2v) is 7.88. The summed E-state index contributed by atoms with van der Waals surface area (Å²) in [4.78, 5) is 19.5. The fraction of sp³-hybridized carbons (Fsp3) is 0.429. The van der Waals surface area contributed by atoms with Crippen LogP contribution in [0.2, 0.25) is 0 Å². The second kappa shape index (κ2) is 7.79. The molecule has 0 spiro atoms. The number of fused-ring (bicyclic) bond motifs is 3. The van der Waals surface area contributed by atoms with Gasteiger partial charge in [0.2, 0.25) is 5.91 Å². The summed E-state index contributed by atoms with van der Waals surface area (Å²) in [6.07, 6.45) is 7.43. The van der Waals surface area contributed by atoms with Crippen LogP contribution in [0.1, 0.15) is 18.6 Å². The number of rotatable bonds is 6. The van der Waals surface area contributed by atoms with Gasteiger partial charge in [-0.15, -0.1) is 5.10 Å². The van der Waals surface area contributed by atoms with E-state index in [0.29, 0.717) is 18.5 Å². The Hall–Kier alpha value is -3.00. The van der Waals surface area contributed by atoms with E-state index in [2.05, 4.69) is 25.5 Å². The molecule has 3 aliphatic rings. The van der Waals surface area contributed by atoms with Crippen molar-refractivity contribution < 1.29 is 9.21 Å². The summed E-state index contributed by atoms with van der Waals surface area (Å²) in [7, 11) is 0. The van der Waals surface area contributed by atoms with Crippen LogP contribution in [0.4, 0.5) is 0 Å². The first-order chi connectivity index (χ1) is 14.3. The number of carbonyl (C=O) groups is 1. The number of hydrogen-bond donors (Lipinski definition) is 1. The molecule has 0 aliphatic carbocycles. The zero-order chi connectivity index (χ0) is 19.6. The Labute approximate surface area is 168 Å². The quantitative estimate of drug-likeness (QED) is 0.690. The number of nitrogens with one attached hydrogen (secondary N) is 1. The van der Waals surface area contributed by atoms with Gasteiger partial charge in [-0.25, -0.2) is 0 Å². The minimum Gasteiger partial charge on any atom is -0.467 e. The first-order valence-electron chi connectivity index (χ1n) is 10.1. The van der Waals surface area contributed by atoms with Gasteiger partial charge in [0.25, 0.3) is 0 Å². The number of amides is 1. The molecule has 0 saturated carbocycles. The predicted molar refractivity (Wildman–Crippen MR) is 105 cm³/mol. The van der Waals surface area contributed by atoms with Gasteiger partial charge in [-0.3, -0.25) is 19.4 Å². The Balaban J connectivity index is 1.19. The highest BCUT2D eigenvalue weighted by atomic mass is 16.3. The van der Waals surface area contributed by atoms with Gasteiger partial charge < -0.3 is 9.73 Å². The molecule has 6 rings (SSSR count). The maximum Gasteiger partial charge on any atom is 0.225 e. The summed E-state index contributed by atoms with van der Waals surface area (Å²) >= 11 is 0. The van der Waals surface area contributed by atoms with Crippen molar-refractivity contribution in [2.24, 2.45) is 11.8 Å². The zero-order valence-electron chi connectivity index (χ0n) is 16.1. The average molecular weight is 392 g/mol. The van der Waals surface area contributed by atoms with Crippen LogP contribution in [0.15, 0.2) is 53.4 Å². The summed E-state index contributed by atoms with van der Waals surface area (Å²) in [6, 6.07) is 9.88. The van der Waals surface area contributed by atoms with E-state index in [0.717, 1.165) is 49.6 Å². The molecular weight excluding hydrogens is 368 g/mol. The van der Waals surface area contributed by atoms with Gasteiger partial charge in [-0.05, 0) is 49.6 Å². The molecule has 0 aromatic carbocycles. The van der Waals surface area contributed by atoms with Crippen LogP contribution in [0.25, 0.3) is 11.4 Å². The van der Waals surface area contributed by atoms with E-state index in [1.54, 1.807) is 12.5 Å². The molecule has 6 heterocycles. The van der Waals surface area contributed by atoms with E-state index >= 15 is 0 Å². The maximum atomic E-state index is 12.7. The van der Waals surface area contributed by atoms with Gasteiger partial charge in [0.05, 0.1) is 37.2 Å². The summed E-state index contributed by atoms with van der Waals surface area (Å²) in [5.41, 5.74) is 1.62. The normalized spacial score (nSPS) is 25.8. The van der Waals surface area contributed by atoms with Crippen molar-refractivity contribution in [3.63, 3.8) is 0 Å². The van der Waals surface area contributed by atoms with E-state index in [1.165, 1.54) is 0 Å². The largest absolute Gasteiger partial charge is 0.467 e. The minimum absolute atomic E-state index is 0.0507. The van der Waals surface area contributed by atoms with Crippen molar-refractivity contribution in [1.29, 1.82) is 0 Å². The summed E-state index contributed by atoms with van der Waals surface area (Å²) in [5.74, 6) is 1.38. The van der Waals surface area contributed by atoms with Crippen molar-refractivity contribution in [1.82, 2.24) is 30.2 Å². The third-order valence-corrected chi connectivity index (χ3v) is 6.10. The summed E-state index contributed by atoms with van der Waals surface area (Å²) < 4.78 is 7.21. The van der Waals surface area contributed by atoms with Gasteiger partial charge in [-0.1, -0.05) is 11.3 Å². The van der Waals surface area contributed by atoms with E-state index in [9.17, 15) is 4.79 Å². The first-order valence-corrected chi connectivity index (χ1v) is 10.1. The Morgan fingerprint density at radius 2 is 2.21 bits per heavy atom. The molecule has 3 saturated heterocycles. The lowest BCUT2D eigenvalue weighted by Gasteiger charge is -2.49. The topological polar surface area (TPSA) is 89.1 Å². The molecule has 8 nitrogen and oxygen atoms in total. The molecule has 3 fully saturated rings. The smallest absolute Gasteiger partial charge is 0.225 e. The van der Waals surface area contributed by atoms with Crippen molar-refractivity contribution in [3.05, 3.63) is 54.7 Å². The van der Waals surface area contributed by atoms with Gasteiger partial charge >= 0.3 is 0 Å². The number of piperidine rings is 3. The molecule has 150 valence electrons. The average Bonchev–Trinajstić information content (AvgIpc) is 3.45. The van der Waals surface area contributed by atoms with Crippen LogP contribution in [0, 0.1) is 11.8 Å². The van der Waals surface area contributed by atoms with Crippen molar-refractivity contribution in [2.75, 3.05) is 13.1 Å². The third kappa shape index (κ3) is 3.80. The molecule has 8 heteroatoms. The molecule has 3 aliphatic heterocycles. The van der Waals surface area contributed by atoms with Crippen molar-refractivity contribution in [3.8, 4) is 11.4 Å². The molecule has 1 unspecified atom stereocenters. The minimum atomic E-state index is 0.0507. The highest BCUT2D eigenvalue weighted by molar-refractivity contribution is 5.79.